The van der Waals surface area contributed by atoms with Crippen molar-refractivity contribution >= 4 is 23.9 Å². The molecule has 0 aromatic rings. The first-order valence-electron chi connectivity index (χ1n) is 11.9. The number of rotatable bonds is 7. The first kappa shape index (κ1) is 27.7. The van der Waals surface area contributed by atoms with Gasteiger partial charge in [-0.25, -0.2) is 0 Å². The molecule has 0 spiro atoms. The average molecular weight is 532 g/mol. The van der Waals surface area contributed by atoms with Crippen molar-refractivity contribution in [2.45, 2.75) is 109 Å². The van der Waals surface area contributed by atoms with Crippen LogP contribution in [0.25, 0.3) is 0 Å². The maximum atomic E-state index is 12.1. The van der Waals surface area contributed by atoms with E-state index in [0.29, 0.717) is 0 Å². The Hall–Kier alpha value is -2.36. The Morgan fingerprint density at radius 3 is 1.97 bits per heavy atom. The first-order chi connectivity index (χ1) is 17.3. The smallest absolute Gasteiger partial charge is 0.303 e. The lowest BCUT2D eigenvalue weighted by atomic mass is 9.97. The molecule has 10 atom stereocenters. The maximum Gasteiger partial charge on any atom is 0.303 e. The Morgan fingerprint density at radius 2 is 1.35 bits per heavy atom. The Morgan fingerprint density at radius 1 is 0.757 bits per heavy atom. The Bertz CT molecular complexity index is 904. The van der Waals surface area contributed by atoms with Crippen LogP contribution in [-0.4, -0.2) is 104 Å². The van der Waals surface area contributed by atoms with Crippen LogP contribution in [0.1, 0.15) is 41.5 Å². The highest BCUT2D eigenvalue weighted by Crippen LogP contribution is 2.43. The third kappa shape index (κ3) is 6.21. The van der Waals surface area contributed by atoms with Gasteiger partial charge in [-0.15, -0.1) is 0 Å². The Labute approximate surface area is 213 Å². The van der Waals surface area contributed by atoms with Gasteiger partial charge in [-0.05, 0) is 13.8 Å². The van der Waals surface area contributed by atoms with Gasteiger partial charge in [-0.2, -0.15) is 0 Å². The predicted octanol–water partition coefficient (Wildman–Crippen LogP) is -0.270. The van der Waals surface area contributed by atoms with Crippen LogP contribution in [0.5, 0.6) is 0 Å². The molecule has 37 heavy (non-hydrogen) atoms. The SMILES string of the molecule is CC(=O)OC[C@H]1O[C@H](O[C@H]2[C@@H]3OC(C)(C)O[C@@H]3C3OC[C@H]2O3)[C@@H](OC(C)=O)[C@@H](OC(C)=O)[C@@H]1OC(C)=O. The Kier molecular flexibility index (Phi) is 8.07. The molecule has 0 aromatic heterocycles. The molecule has 0 radical (unpaired) electrons. The second-order valence-corrected chi connectivity index (χ2v) is 9.61. The summed E-state index contributed by atoms with van der Waals surface area (Å²) in [5, 5.41) is 0. The van der Waals surface area contributed by atoms with Crippen LogP contribution >= 0.6 is 0 Å². The van der Waals surface area contributed by atoms with Crippen LogP contribution in [0, 0.1) is 0 Å². The zero-order valence-corrected chi connectivity index (χ0v) is 21.4. The number of carbonyl (C=O) groups excluding carboxylic acids is 4. The van der Waals surface area contributed by atoms with Crippen LogP contribution in [0.3, 0.4) is 0 Å². The van der Waals surface area contributed by atoms with Crippen LogP contribution < -0.4 is 0 Å². The first-order valence-corrected chi connectivity index (χ1v) is 11.9. The molecule has 0 aliphatic carbocycles. The fourth-order valence-electron chi connectivity index (χ4n) is 4.90. The summed E-state index contributed by atoms with van der Waals surface area (Å²) in [6, 6.07) is 0. The minimum Gasteiger partial charge on any atom is -0.463 e. The second-order valence-electron chi connectivity index (χ2n) is 9.61. The van der Waals surface area contributed by atoms with Crippen LogP contribution in [0.15, 0.2) is 0 Å². The van der Waals surface area contributed by atoms with Crippen LogP contribution in [-0.2, 0) is 66.5 Å². The molecule has 14 heteroatoms. The highest BCUT2D eigenvalue weighted by Gasteiger charge is 2.61. The third-order valence-corrected chi connectivity index (χ3v) is 6.10. The molecule has 0 aromatic carbocycles. The second kappa shape index (κ2) is 10.8. The van der Waals surface area contributed by atoms with E-state index in [1.165, 1.54) is 6.92 Å². The van der Waals surface area contributed by atoms with Gasteiger partial charge in [0.05, 0.1) is 6.61 Å². The molecule has 4 aliphatic rings. The molecular weight excluding hydrogens is 500 g/mol. The fraction of sp³-hybridized carbons (Fsp3) is 0.826. The number of hydrogen-bond acceptors (Lipinski definition) is 14. The summed E-state index contributed by atoms with van der Waals surface area (Å²) >= 11 is 0. The predicted molar refractivity (Wildman–Crippen MR) is 115 cm³/mol. The fourth-order valence-corrected chi connectivity index (χ4v) is 4.90. The standard InChI is InChI=1S/C23H32O14/c1-9(24)28-7-13-15(30-10(2)25)17(31-11(3)26)19(32-12(4)27)22(34-13)35-16-14-8-29-21(33-14)20-18(16)36-23(5,6)37-20/h13-22H,7-8H2,1-6H3/t13-,14-,15-,16-,17+,18+,19+,20+,21?,22-/m1/s1. The highest BCUT2D eigenvalue weighted by atomic mass is 16.8. The van der Waals surface area contributed by atoms with Crippen LogP contribution in [0.2, 0.25) is 0 Å². The monoisotopic (exact) mass is 532 g/mol. The molecule has 4 rings (SSSR count). The lowest BCUT2D eigenvalue weighted by molar-refractivity contribution is -0.335. The number of esters is 4. The van der Waals surface area contributed by atoms with Crippen molar-refractivity contribution < 1.29 is 66.5 Å². The molecule has 14 nitrogen and oxygen atoms in total. The molecule has 4 saturated heterocycles. The van der Waals surface area contributed by atoms with Crippen LogP contribution in [0.4, 0.5) is 0 Å². The highest BCUT2D eigenvalue weighted by molar-refractivity contribution is 5.68. The molecule has 0 N–H and O–H groups in total. The minimum absolute atomic E-state index is 0.181. The van der Waals surface area contributed by atoms with Gasteiger partial charge in [0.15, 0.2) is 36.7 Å². The summed E-state index contributed by atoms with van der Waals surface area (Å²) in [6.07, 6.45) is -9.79. The van der Waals surface area contributed by atoms with Gasteiger partial charge in [0.1, 0.15) is 37.1 Å². The van der Waals surface area contributed by atoms with Crippen molar-refractivity contribution in [2.75, 3.05) is 13.2 Å². The van der Waals surface area contributed by atoms with Crippen molar-refractivity contribution in [3.05, 3.63) is 0 Å². The number of carbonyl (C=O) groups is 4. The summed E-state index contributed by atoms with van der Waals surface area (Å²) in [5.41, 5.74) is 0. The number of hydrogen-bond donors (Lipinski definition) is 0. The van der Waals surface area contributed by atoms with Gasteiger partial charge < -0.3 is 47.4 Å². The molecule has 0 amide bonds. The van der Waals surface area contributed by atoms with Crippen molar-refractivity contribution in [3.8, 4) is 0 Å². The summed E-state index contributed by atoms with van der Waals surface area (Å²) in [5.74, 6) is -3.77. The third-order valence-electron chi connectivity index (χ3n) is 6.10. The van der Waals surface area contributed by atoms with Crippen molar-refractivity contribution in [3.63, 3.8) is 0 Å². The molecule has 0 saturated carbocycles. The summed E-state index contributed by atoms with van der Waals surface area (Å²) < 4.78 is 57.4. The summed E-state index contributed by atoms with van der Waals surface area (Å²) in [4.78, 5) is 47.5. The van der Waals surface area contributed by atoms with E-state index in [-0.39, 0.29) is 13.2 Å². The molecule has 2 bridgehead atoms. The van der Waals surface area contributed by atoms with E-state index < -0.39 is 91.1 Å². The topological polar surface area (TPSA) is 161 Å². The van der Waals surface area contributed by atoms with E-state index in [9.17, 15) is 19.2 Å². The van der Waals surface area contributed by atoms with Crippen molar-refractivity contribution in [1.82, 2.24) is 0 Å². The lowest BCUT2D eigenvalue weighted by Gasteiger charge is -2.46. The average Bonchev–Trinajstić information content (AvgIpc) is 3.35. The maximum absolute atomic E-state index is 12.1. The number of ether oxygens (including phenoxy) is 10. The van der Waals surface area contributed by atoms with E-state index >= 15 is 0 Å². The summed E-state index contributed by atoms with van der Waals surface area (Å²) in [6.45, 7) is 7.93. The van der Waals surface area contributed by atoms with Gasteiger partial charge in [-0.3, -0.25) is 19.2 Å². The minimum atomic E-state index is -1.38. The van der Waals surface area contributed by atoms with Gasteiger partial charge in [0, 0.05) is 27.7 Å². The van der Waals surface area contributed by atoms with E-state index in [1.807, 2.05) is 0 Å². The zero-order chi connectivity index (χ0) is 27.1. The van der Waals surface area contributed by atoms with Gasteiger partial charge >= 0.3 is 23.9 Å². The summed E-state index contributed by atoms with van der Waals surface area (Å²) in [7, 11) is 0. The lowest BCUT2D eigenvalue weighted by Crippen LogP contribution is -2.65. The van der Waals surface area contributed by atoms with E-state index in [0.717, 1.165) is 20.8 Å². The van der Waals surface area contributed by atoms with Gasteiger partial charge in [0.25, 0.3) is 0 Å². The molecule has 4 fully saturated rings. The van der Waals surface area contributed by atoms with Crippen molar-refractivity contribution in [2.24, 2.45) is 0 Å². The van der Waals surface area contributed by atoms with Crippen molar-refractivity contribution in [1.29, 1.82) is 0 Å². The van der Waals surface area contributed by atoms with E-state index in [2.05, 4.69) is 0 Å². The molecular formula is C23H32O14. The molecule has 1 unspecified atom stereocenters. The Balaban J connectivity index is 1.66. The molecule has 208 valence electrons. The number of fused-ring (bicyclic) bond motifs is 4. The largest absolute Gasteiger partial charge is 0.463 e. The normalized spacial score (nSPS) is 39.8. The quantitative estimate of drug-likeness (QED) is 0.311. The van der Waals surface area contributed by atoms with Gasteiger partial charge in [0.2, 0.25) is 0 Å². The van der Waals surface area contributed by atoms with E-state index in [1.54, 1.807) is 13.8 Å². The molecule has 4 heterocycles. The van der Waals surface area contributed by atoms with Gasteiger partial charge in [-0.1, -0.05) is 0 Å². The molecule has 4 aliphatic heterocycles. The van der Waals surface area contributed by atoms with E-state index in [4.69, 9.17) is 47.4 Å². The zero-order valence-electron chi connectivity index (χ0n) is 21.4.